The first-order valence-electron chi connectivity index (χ1n) is 8.62. The number of hydrogen-bond donors (Lipinski definition) is 3. The van der Waals surface area contributed by atoms with Gasteiger partial charge in [-0.2, -0.15) is 12.6 Å². The molecule has 5 heteroatoms. The van der Waals surface area contributed by atoms with Gasteiger partial charge in [0.15, 0.2) is 0 Å². The molecule has 0 aliphatic carbocycles. The van der Waals surface area contributed by atoms with Crippen LogP contribution in [0.1, 0.15) is 48.2 Å². The maximum absolute atomic E-state index is 12.6. The summed E-state index contributed by atoms with van der Waals surface area (Å²) in [6.45, 7) is 5.76. The summed E-state index contributed by atoms with van der Waals surface area (Å²) in [5, 5.41) is 4.49. The Hall–Kier alpha value is -2.79. The molecular formula is C22H24N2O2S. The van der Waals surface area contributed by atoms with Gasteiger partial charge in [0, 0.05) is 11.3 Å². The maximum Gasteiger partial charge on any atom is 0.249 e. The lowest BCUT2D eigenvalue weighted by Gasteiger charge is -2.15. The highest BCUT2D eigenvalue weighted by molar-refractivity contribution is 7.83. The Labute approximate surface area is 165 Å². The molecule has 0 spiro atoms. The van der Waals surface area contributed by atoms with Crippen molar-refractivity contribution in [2.45, 2.75) is 26.7 Å². The Morgan fingerprint density at radius 3 is 2.30 bits per heavy atom. The van der Waals surface area contributed by atoms with E-state index in [1.165, 1.54) is 0 Å². The standard InChI is InChI=1S/C22H24N2O2S/c1-14(2)11-17(13-27)19-10-9-18(12-20(19)21(23)25)24-22(26)15(3)16-7-5-4-6-8-16/h4-13,15,27H,1-3H3,(H2,23,25)(H,24,26)/b17-13+. The molecule has 2 aromatic rings. The molecular weight excluding hydrogens is 356 g/mol. The van der Waals surface area contributed by atoms with E-state index < -0.39 is 5.91 Å². The smallest absolute Gasteiger partial charge is 0.249 e. The van der Waals surface area contributed by atoms with E-state index in [4.69, 9.17) is 5.73 Å². The number of carbonyl (C=O) groups is 2. The summed E-state index contributed by atoms with van der Waals surface area (Å²) >= 11 is 4.24. The zero-order valence-electron chi connectivity index (χ0n) is 15.7. The van der Waals surface area contributed by atoms with Crippen LogP contribution in [0.15, 0.2) is 65.6 Å². The lowest BCUT2D eigenvalue weighted by atomic mass is 9.97. The Kier molecular flexibility index (Phi) is 7.02. The lowest BCUT2D eigenvalue weighted by Crippen LogP contribution is -2.20. The Morgan fingerprint density at radius 2 is 1.74 bits per heavy atom. The molecule has 0 heterocycles. The molecule has 0 saturated carbocycles. The first kappa shape index (κ1) is 20.5. The van der Waals surface area contributed by atoms with Gasteiger partial charge in [0.1, 0.15) is 0 Å². The van der Waals surface area contributed by atoms with Crippen LogP contribution in [0, 0.1) is 0 Å². The van der Waals surface area contributed by atoms with Gasteiger partial charge in [-0.25, -0.2) is 0 Å². The van der Waals surface area contributed by atoms with Crippen molar-refractivity contribution in [1.29, 1.82) is 0 Å². The van der Waals surface area contributed by atoms with Gasteiger partial charge in [-0.15, -0.1) is 0 Å². The number of benzene rings is 2. The van der Waals surface area contributed by atoms with E-state index in [1.54, 1.807) is 23.6 Å². The van der Waals surface area contributed by atoms with Crippen LogP contribution in [0.25, 0.3) is 5.57 Å². The van der Waals surface area contributed by atoms with Crippen molar-refractivity contribution in [3.63, 3.8) is 0 Å². The van der Waals surface area contributed by atoms with Crippen molar-refractivity contribution in [3.05, 3.63) is 82.3 Å². The average molecular weight is 381 g/mol. The highest BCUT2D eigenvalue weighted by Crippen LogP contribution is 2.26. The number of thiol groups is 1. The summed E-state index contributed by atoms with van der Waals surface area (Å²) < 4.78 is 0. The van der Waals surface area contributed by atoms with Gasteiger partial charge >= 0.3 is 0 Å². The topological polar surface area (TPSA) is 72.2 Å². The summed E-state index contributed by atoms with van der Waals surface area (Å²) in [6.07, 6.45) is 1.92. The molecule has 3 N–H and O–H groups in total. The van der Waals surface area contributed by atoms with E-state index in [1.807, 2.05) is 57.2 Å². The van der Waals surface area contributed by atoms with Crippen LogP contribution in [0.4, 0.5) is 5.69 Å². The number of nitrogens with two attached hydrogens (primary N) is 1. The van der Waals surface area contributed by atoms with Crippen molar-refractivity contribution in [2.75, 3.05) is 5.32 Å². The fourth-order valence-corrected chi connectivity index (χ4v) is 2.93. The molecule has 0 fully saturated rings. The third-order valence-electron chi connectivity index (χ3n) is 4.14. The number of anilines is 1. The zero-order chi connectivity index (χ0) is 20.0. The van der Waals surface area contributed by atoms with Crippen LogP contribution in [0.5, 0.6) is 0 Å². The number of hydrogen-bond acceptors (Lipinski definition) is 3. The second-order valence-corrected chi connectivity index (χ2v) is 6.81. The van der Waals surface area contributed by atoms with Crippen molar-refractivity contribution in [3.8, 4) is 0 Å². The van der Waals surface area contributed by atoms with E-state index in [-0.39, 0.29) is 11.8 Å². The second kappa shape index (κ2) is 9.24. The summed E-state index contributed by atoms with van der Waals surface area (Å²) in [5.74, 6) is -1.04. The van der Waals surface area contributed by atoms with Gasteiger partial charge in [0.25, 0.3) is 0 Å². The quantitative estimate of drug-likeness (QED) is 0.499. The first-order chi connectivity index (χ1) is 12.8. The molecule has 1 unspecified atom stereocenters. The number of rotatable bonds is 6. The summed E-state index contributed by atoms with van der Waals surface area (Å²) in [7, 11) is 0. The van der Waals surface area contributed by atoms with Crippen molar-refractivity contribution >= 4 is 35.7 Å². The minimum absolute atomic E-state index is 0.154. The first-order valence-corrected chi connectivity index (χ1v) is 9.14. The van der Waals surface area contributed by atoms with Gasteiger partial charge in [0.2, 0.25) is 11.8 Å². The zero-order valence-corrected chi connectivity index (χ0v) is 16.6. The lowest BCUT2D eigenvalue weighted by molar-refractivity contribution is -0.117. The van der Waals surface area contributed by atoms with E-state index in [2.05, 4.69) is 17.9 Å². The van der Waals surface area contributed by atoms with Gasteiger partial charge in [-0.3, -0.25) is 9.59 Å². The fourth-order valence-electron chi connectivity index (χ4n) is 2.72. The number of carbonyl (C=O) groups excluding carboxylic acids is 2. The van der Waals surface area contributed by atoms with E-state index >= 15 is 0 Å². The molecule has 2 aromatic carbocycles. The largest absolute Gasteiger partial charge is 0.366 e. The number of allylic oxidation sites excluding steroid dienone is 3. The predicted molar refractivity (Wildman–Crippen MR) is 115 cm³/mol. The molecule has 2 amide bonds. The Morgan fingerprint density at radius 1 is 1.07 bits per heavy atom. The third kappa shape index (κ3) is 5.34. The minimum atomic E-state index is -0.563. The number of amides is 2. The molecule has 1 atom stereocenters. The van der Waals surface area contributed by atoms with Crippen LogP contribution >= 0.6 is 12.6 Å². The summed E-state index contributed by atoms with van der Waals surface area (Å²) in [6, 6.07) is 14.6. The predicted octanol–water partition coefficient (Wildman–Crippen LogP) is 4.76. The van der Waals surface area contributed by atoms with Crippen molar-refractivity contribution in [2.24, 2.45) is 5.73 Å². The van der Waals surface area contributed by atoms with E-state index in [0.717, 1.165) is 16.7 Å². The van der Waals surface area contributed by atoms with E-state index in [0.29, 0.717) is 16.8 Å². The van der Waals surface area contributed by atoms with Gasteiger partial charge < -0.3 is 11.1 Å². The van der Waals surface area contributed by atoms with Gasteiger partial charge in [-0.05, 0) is 55.0 Å². The van der Waals surface area contributed by atoms with E-state index in [9.17, 15) is 9.59 Å². The SMILES string of the molecule is CC(C)=C/C(=C\S)c1ccc(NC(=O)C(C)c2ccccc2)cc1C(N)=O. The normalized spacial score (nSPS) is 12.2. The molecule has 0 aliphatic rings. The van der Waals surface area contributed by atoms with Crippen molar-refractivity contribution < 1.29 is 9.59 Å². The highest BCUT2D eigenvalue weighted by atomic mass is 32.1. The molecule has 0 bridgehead atoms. The monoisotopic (exact) mass is 380 g/mol. The van der Waals surface area contributed by atoms with Crippen molar-refractivity contribution in [1.82, 2.24) is 0 Å². The second-order valence-electron chi connectivity index (χ2n) is 6.55. The van der Waals surface area contributed by atoms with Crippen LogP contribution in [0.3, 0.4) is 0 Å². The van der Waals surface area contributed by atoms with Crippen LogP contribution in [0.2, 0.25) is 0 Å². The van der Waals surface area contributed by atoms with Crippen LogP contribution < -0.4 is 11.1 Å². The summed E-state index contributed by atoms with van der Waals surface area (Å²) in [5.41, 5.74) is 9.86. The molecule has 0 saturated heterocycles. The third-order valence-corrected chi connectivity index (χ3v) is 4.42. The molecule has 4 nitrogen and oxygen atoms in total. The highest BCUT2D eigenvalue weighted by Gasteiger charge is 2.17. The molecule has 27 heavy (non-hydrogen) atoms. The van der Waals surface area contributed by atoms with Crippen LogP contribution in [-0.4, -0.2) is 11.8 Å². The van der Waals surface area contributed by atoms with Gasteiger partial charge in [-0.1, -0.05) is 48.0 Å². The number of primary amides is 1. The molecule has 0 radical (unpaired) electrons. The summed E-state index contributed by atoms with van der Waals surface area (Å²) in [4.78, 5) is 24.5. The fraction of sp³-hybridized carbons (Fsp3) is 0.182. The Bertz CT molecular complexity index is 898. The molecule has 0 aliphatic heterocycles. The van der Waals surface area contributed by atoms with Crippen LogP contribution in [-0.2, 0) is 4.79 Å². The molecule has 0 aromatic heterocycles. The molecule has 2 rings (SSSR count). The Balaban J connectivity index is 2.32. The maximum atomic E-state index is 12.6. The minimum Gasteiger partial charge on any atom is -0.366 e. The van der Waals surface area contributed by atoms with Gasteiger partial charge in [0.05, 0.1) is 5.92 Å². The molecule has 140 valence electrons. The average Bonchev–Trinajstić information content (AvgIpc) is 2.66. The number of nitrogens with one attached hydrogen (secondary N) is 1.